The largest absolute Gasteiger partial charge is 0.356 e. The zero-order valence-corrected chi connectivity index (χ0v) is 23.1. The Morgan fingerprint density at radius 2 is 1.74 bits per heavy atom. The van der Waals surface area contributed by atoms with E-state index >= 15 is 0 Å². The SMILES string of the molecule is CCCCNC(=O)CC1C(=O)N=C2c3ccccc3N=C(SCC(=O)NCCc3ccc(S(N)(=O)=O)cc3)N21. The van der Waals surface area contributed by atoms with Gasteiger partial charge in [-0.3, -0.25) is 19.3 Å². The van der Waals surface area contributed by atoms with Gasteiger partial charge in [0, 0.05) is 18.7 Å². The summed E-state index contributed by atoms with van der Waals surface area (Å²) in [7, 11) is -3.76. The lowest BCUT2D eigenvalue weighted by molar-refractivity contribution is -0.126. The molecule has 0 saturated heterocycles. The summed E-state index contributed by atoms with van der Waals surface area (Å²) in [4.78, 5) is 48.6. The van der Waals surface area contributed by atoms with E-state index in [4.69, 9.17) is 5.14 Å². The first-order valence-electron chi connectivity index (χ1n) is 12.5. The summed E-state index contributed by atoms with van der Waals surface area (Å²) in [5.41, 5.74) is 2.18. The van der Waals surface area contributed by atoms with Gasteiger partial charge in [-0.05, 0) is 42.7 Å². The van der Waals surface area contributed by atoms with Gasteiger partial charge in [0.1, 0.15) is 11.9 Å². The van der Waals surface area contributed by atoms with Crippen molar-refractivity contribution in [3.63, 3.8) is 0 Å². The van der Waals surface area contributed by atoms with Crippen LogP contribution in [0.4, 0.5) is 5.69 Å². The maximum atomic E-state index is 12.9. The van der Waals surface area contributed by atoms with Crippen molar-refractivity contribution in [1.29, 1.82) is 0 Å². The molecule has 1 unspecified atom stereocenters. The van der Waals surface area contributed by atoms with Crippen molar-refractivity contribution in [2.24, 2.45) is 15.1 Å². The molecule has 4 rings (SSSR count). The number of hydrogen-bond donors (Lipinski definition) is 3. The second kappa shape index (κ2) is 12.5. The van der Waals surface area contributed by atoms with Gasteiger partial charge in [-0.25, -0.2) is 18.5 Å². The Hall–Kier alpha value is -3.55. The molecule has 0 saturated carbocycles. The van der Waals surface area contributed by atoms with E-state index < -0.39 is 22.0 Å². The van der Waals surface area contributed by atoms with E-state index in [-0.39, 0.29) is 28.9 Å². The van der Waals surface area contributed by atoms with Gasteiger partial charge < -0.3 is 10.6 Å². The maximum absolute atomic E-state index is 12.9. The van der Waals surface area contributed by atoms with Crippen LogP contribution in [0, 0.1) is 0 Å². The lowest BCUT2D eigenvalue weighted by Gasteiger charge is -2.30. The molecule has 206 valence electrons. The number of rotatable bonds is 11. The van der Waals surface area contributed by atoms with Crippen LogP contribution in [0.2, 0.25) is 0 Å². The van der Waals surface area contributed by atoms with Gasteiger partial charge in [0.25, 0.3) is 5.91 Å². The van der Waals surface area contributed by atoms with Crippen LogP contribution in [-0.2, 0) is 30.8 Å². The molecule has 0 fully saturated rings. The number of aliphatic imine (C=N–C) groups is 2. The number of nitrogens with two attached hydrogens (primary N) is 1. The van der Waals surface area contributed by atoms with Crippen LogP contribution >= 0.6 is 11.8 Å². The fraction of sp³-hybridized carbons (Fsp3) is 0.346. The molecule has 2 aromatic carbocycles. The van der Waals surface area contributed by atoms with Crippen molar-refractivity contribution in [3.8, 4) is 0 Å². The minimum atomic E-state index is -3.76. The first-order valence-corrected chi connectivity index (χ1v) is 15.1. The Morgan fingerprint density at radius 3 is 2.46 bits per heavy atom. The van der Waals surface area contributed by atoms with Gasteiger partial charge in [-0.2, -0.15) is 4.99 Å². The first-order chi connectivity index (χ1) is 18.7. The molecule has 1 atom stereocenters. The molecule has 11 nitrogen and oxygen atoms in total. The molecular formula is C26H30N6O5S2. The fourth-order valence-corrected chi connectivity index (χ4v) is 5.52. The fourth-order valence-electron chi connectivity index (χ4n) is 4.13. The molecule has 4 N–H and O–H groups in total. The summed E-state index contributed by atoms with van der Waals surface area (Å²) in [5, 5.41) is 11.2. The van der Waals surface area contributed by atoms with Gasteiger partial charge in [0.15, 0.2) is 5.17 Å². The minimum absolute atomic E-state index is 0.0292. The van der Waals surface area contributed by atoms with Crippen LogP contribution in [0.1, 0.15) is 37.3 Å². The molecule has 0 aliphatic carbocycles. The highest BCUT2D eigenvalue weighted by Crippen LogP contribution is 2.34. The summed E-state index contributed by atoms with van der Waals surface area (Å²) in [6.45, 7) is 2.92. The number of fused-ring (bicyclic) bond motifs is 3. The lowest BCUT2D eigenvalue weighted by Crippen LogP contribution is -2.46. The molecule has 2 heterocycles. The third-order valence-corrected chi connectivity index (χ3v) is 8.04. The number of carbonyl (C=O) groups excluding carboxylic acids is 3. The predicted molar refractivity (Wildman–Crippen MR) is 150 cm³/mol. The maximum Gasteiger partial charge on any atom is 0.271 e. The number of thioether (sulfide) groups is 1. The van der Waals surface area contributed by atoms with E-state index in [0.717, 1.165) is 18.4 Å². The summed E-state index contributed by atoms with van der Waals surface area (Å²) < 4.78 is 22.8. The van der Waals surface area contributed by atoms with Gasteiger partial charge in [0.05, 0.1) is 22.8 Å². The van der Waals surface area contributed by atoms with E-state index in [1.807, 2.05) is 31.2 Å². The molecule has 0 radical (unpaired) electrons. The molecule has 2 aliphatic rings. The summed E-state index contributed by atoms with van der Waals surface area (Å²) in [5.74, 6) is -0.420. The van der Waals surface area contributed by atoms with Crippen molar-refractivity contribution in [2.75, 3.05) is 18.8 Å². The van der Waals surface area contributed by atoms with E-state index in [2.05, 4.69) is 20.6 Å². The smallest absolute Gasteiger partial charge is 0.271 e. The molecule has 0 aromatic heterocycles. The number of amides is 3. The van der Waals surface area contributed by atoms with Crippen LogP contribution < -0.4 is 15.8 Å². The number of unbranched alkanes of at least 4 members (excludes halogenated alkanes) is 1. The Kier molecular flexibility index (Phi) is 9.15. The van der Waals surface area contributed by atoms with Crippen molar-refractivity contribution >= 4 is 56.2 Å². The number of amidine groups is 2. The number of nitrogens with zero attached hydrogens (tertiary/aromatic N) is 3. The number of sulfonamides is 1. The highest BCUT2D eigenvalue weighted by Gasteiger charge is 2.42. The second-order valence-corrected chi connectivity index (χ2v) is 11.6. The van der Waals surface area contributed by atoms with Crippen molar-refractivity contribution < 1.29 is 22.8 Å². The van der Waals surface area contributed by atoms with E-state index in [1.165, 1.54) is 23.9 Å². The van der Waals surface area contributed by atoms with Crippen molar-refractivity contribution in [3.05, 3.63) is 59.7 Å². The Balaban J connectivity index is 1.39. The summed E-state index contributed by atoms with van der Waals surface area (Å²) in [6, 6.07) is 12.6. The highest BCUT2D eigenvalue weighted by molar-refractivity contribution is 8.14. The predicted octanol–water partition coefficient (Wildman–Crippen LogP) is 1.69. The molecule has 3 amide bonds. The normalized spacial score (nSPS) is 16.2. The van der Waals surface area contributed by atoms with Crippen LogP contribution in [0.15, 0.2) is 63.4 Å². The molecular weight excluding hydrogens is 540 g/mol. The molecule has 13 heteroatoms. The monoisotopic (exact) mass is 570 g/mol. The number of carbonyl (C=O) groups is 3. The molecule has 39 heavy (non-hydrogen) atoms. The molecule has 0 spiro atoms. The lowest BCUT2D eigenvalue weighted by atomic mass is 10.1. The van der Waals surface area contributed by atoms with Gasteiger partial charge >= 0.3 is 0 Å². The summed E-state index contributed by atoms with van der Waals surface area (Å²) in [6.07, 6.45) is 2.23. The van der Waals surface area contributed by atoms with Gasteiger partial charge in [-0.15, -0.1) is 0 Å². The van der Waals surface area contributed by atoms with Gasteiger partial charge in [0.2, 0.25) is 21.8 Å². The quantitative estimate of drug-likeness (QED) is 0.346. The minimum Gasteiger partial charge on any atom is -0.356 e. The van der Waals surface area contributed by atoms with Crippen LogP contribution in [0.5, 0.6) is 0 Å². The average molecular weight is 571 g/mol. The standard InChI is InChI=1S/C26H30N6O5S2/c1-2-3-13-28-22(33)15-21-25(35)31-24-19-6-4-5-7-20(19)30-26(32(21)24)38-16-23(34)29-14-12-17-8-10-18(11-9-17)39(27,36)37/h4-11,21H,2-3,12-16H2,1H3,(H,28,33)(H,29,34)(H2,27,36,37). The van der Waals surface area contributed by atoms with Crippen molar-refractivity contribution in [1.82, 2.24) is 15.5 Å². The number of hydrogen-bond acceptors (Lipinski definition) is 8. The third-order valence-electron chi connectivity index (χ3n) is 6.16. The number of benzene rings is 2. The topological polar surface area (TPSA) is 163 Å². The number of nitrogens with one attached hydrogen (secondary N) is 2. The first kappa shape index (κ1) is 28.5. The zero-order valence-electron chi connectivity index (χ0n) is 21.4. The number of primary sulfonamides is 1. The van der Waals surface area contributed by atoms with Crippen LogP contribution in [-0.4, -0.2) is 66.9 Å². The third kappa shape index (κ3) is 7.11. The Morgan fingerprint density at radius 1 is 1.03 bits per heavy atom. The molecule has 2 aromatic rings. The van der Waals surface area contributed by atoms with E-state index in [0.29, 0.717) is 41.8 Å². The van der Waals surface area contributed by atoms with E-state index in [9.17, 15) is 22.8 Å². The Labute approximate surface area is 231 Å². The van der Waals surface area contributed by atoms with Crippen LogP contribution in [0.3, 0.4) is 0 Å². The zero-order chi connectivity index (χ0) is 28.0. The number of para-hydroxylation sites is 1. The van der Waals surface area contributed by atoms with Crippen LogP contribution in [0.25, 0.3) is 0 Å². The highest BCUT2D eigenvalue weighted by atomic mass is 32.2. The molecule has 0 bridgehead atoms. The summed E-state index contributed by atoms with van der Waals surface area (Å²) >= 11 is 1.17. The van der Waals surface area contributed by atoms with E-state index in [1.54, 1.807) is 17.0 Å². The second-order valence-electron chi connectivity index (χ2n) is 9.06. The average Bonchev–Trinajstić information content (AvgIpc) is 3.23. The Bertz CT molecular complexity index is 1420. The van der Waals surface area contributed by atoms with Crippen molar-refractivity contribution in [2.45, 2.75) is 43.5 Å². The molecule has 2 aliphatic heterocycles. The van der Waals surface area contributed by atoms with Gasteiger partial charge in [-0.1, -0.05) is 49.4 Å².